The fourth-order valence-electron chi connectivity index (χ4n) is 4.00. The SMILES string of the molecule is Cc1c(O)ccc2c(CN3CCN(Cc4cccc(C(F)(F)F)c4)CC3)cc(=O)oc12. The van der Waals surface area contributed by atoms with Gasteiger partial charge in [0, 0.05) is 56.3 Å². The zero-order valence-electron chi connectivity index (χ0n) is 17.1. The first-order valence-electron chi connectivity index (χ1n) is 10.1. The highest BCUT2D eigenvalue weighted by atomic mass is 19.4. The van der Waals surface area contributed by atoms with Gasteiger partial charge in [-0.2, -0.15) is 13.2 Å². The molecule has 2 aromatic carbocycles. The number of piperazine rings is 1. The van der Waals surface area contributed by atoms with Crippen LogP contribution in [0.3, 0.4) is 0 Å². The second-order valence-corrected chi connectivity index (χ2v) is 7.93. The average molecular weight is 432 g/mol. The molecule has 0 atom stereocenters. The molecule has 1 N–H and O–H groups in total. The molecule has 0 spiro atoms. The Balaban J connectivity index is 1.42. The molecule has 0 amide bonds. The summed E-state index contributed by atoms with van der Waals surface area (Å²) in [6.07, 6.45) is -4.34. The van der Waals surface area contributed by atoms with Crippen molar-refractivity contribution in [3.05, 3.63) is 75.1 Å². The van der Waals surface area contributed by atoms with Crippen molar-refractivity contribution in [1.82, 2.24) is 9.80 Å². The van der Waals surface area contributed by atoms with Crippen molar-refractivity contribution < 1.29 is 22.7 Å². The van der Waals surface area contributed by atoms with E-state index in [9.17, 15) is 23.1 Å². The van der Waals surface area contributed by atoms with Gasteiger partial charge in [0.05, 0.1) is 5.56 Å². The van der Waals surface area contributed by atoms with Gasteiger partial charge in [-0.25, -0.2) is 4.79 Å². The van der Waals surface area contributed by atoms with Crippen LogP contribution in [0, 0.1) is 6.92 Å². The highest BCUT2D eigenvalue weighted by molar-refractivity contribution is 5.84. The standard InChI is InChI=1S/C23H23F3N2O3/c1-15-20(29)6-5-19-17(12-21(30)31-22(15)19)14-28-9-7-27(8-10-28)13-16-3-2-4-18(11-16)23(24,25)26/h2-6,11-12,29H,7-10,13-14H2,1H3. The number of benzene rings is 2. The molecule has 8 heteroatoms. The number of phenolic OH excluding ortho intramolecular Hbond substituents is 1. The van der Waals surface area contributed by atoms with E-state index in [4.69, 9.17) is 4.42 Å². The molecular weight excluding hydrogens is 409 g/mol. The Bertz CT molecular complexity index is 1150. The minimum Gasteiger partial charge on any atom is -0.508 e. The van der Waals surface area contributed by atoms with Crippen molar-refractivity contribution >= 4 is 11.0 Å². The fourth-order valence-corrected chi connectivity index (χ4v) is 4.00. The Morgan fingerprint density at radius 1 is 1.00 bits per heavy atom. The van der Waals surface area contributed by atoms with Crippen molar-refractivity contribution in [3.8, 4) is 5.75 Å². The van der Waals surface area contributed by atoms with E-state index >= 15 is 0 Å². The van der Waals surface area contributed by atoms with Crippen molar-refractivity contribution in [2.24, 2.45) is 0 Å². The summed E-state index contributed by atoms with van der Waals surface area (Å²) in [6, 6.07) is 10.3. The van der Waals surface area contributed by atoms with Gasteiger partial charge in [0.2, 0.25) is 0 Å². The van der Waals surface area contributed by atoms with Gasteiger partial charge in [-0.3, -0.25) is 9.80 Å². The molecule has 0 aliphatic carbocycles. The van der Waals surface area contributed by atoms with Crippen LogP contribution in [-0.4, -0.2) is 41.1 Å². The number of nitrogens with zero attached hydrogens (tertiary/aromatic N) is 2. The Morgan fingerprint density at radius 2 is 1.68 bits per heavy atom. The molecule has 164 valence electrons. The quantitative estimate of drug-likeness (QED) is 0.628. The lowest BCUT2D eigenvalue weighted by Gasteiger charge is -2.35. The molecule has 2 heterocycles. The van der Waals surface area contributed by atoms with E-state index in [-0.39, 0.29) is 5.75 Å². The maximum Gasteiger partial charge on any atom is 0.416 e. The van der Waals surface area contributed by atoms with E-state index in [2.05, 4.69) is 9.80 Å². The zero-order chi connectivity index (χ0) is 22.2. The summed E-state index contributed by atoms with van der Waals surface area (Å²) in [5.74, 6) is 0.0796. The monoisotopic (exact) mass is 432 g/mol. The molecule has 3 aromatic rings. The summed E-state index contributed by atoms with van der Waals surface area (Å²) < 4.78 is 44.1. The molecule has 31 heavy (non-hydrogen) atoms. The lowest BCUT2D eigenvalue weighted by molar-refractivity contribution is -0.137. The van der Waals surface area contributed by atoms with Crippen LogP contribution in [0.4, 0.5) is 13.2 Å². The third-order valence-corrected chi connectivity index (χ3v) is 5.74. The van der Waals surface area contributed by atoms with Crippen LogP contribution in [0.25, 0.3) is 11.0 Å². The highest BCUT2D eigenvalue weighted by Crippen LogP contribution is 2.30. The second-order valence-electron chi connectivity index (χ2n) is 7.93. The molecule has 1 aromatic heterocycles. The Labute approximate surface area is 177 Å². The maximum atomic E-state index is 12.9. The predicted molar refractivity (Wildman–Crippen MR) is 111 cm³/mol. The van der Waals surface area contributed by atoms with Gasteiger partial charge in [0.15, 0.2) is 0 Å². The van der Waals surface area contributed by atoms with Crippen molar-refractivity contribution in [2.45, 2.75) is 26.2 Å². The van der Waals surface area contributed by atoms with Crippen LogP contribution >= 0.6 is 0 Å². The van der Waals surface area contributed by atoms with Gasteiger partial charge in [-0.05, 0) is 36.2 Å². The van der Waals surface area contributed by atoms with Crippen molar-refractivity contribution in [1.29, 1.82) is 0 Å². The summed E-state index contributed by atoms with van der Waals surface area (Å²) >= 11 is 0. The molecule has 0 saturated carbocycles. The van der Waals surface area contributed by atoms with E-state index in [1.807, 2.05) is 0 Å². The summed E-state index contributed by atoms with van der Waals surface area (Å²) in [5, 5.41) is 10.7. The Kier molecular flexibility index (Phi) is 5.77. The molecule has 1 aliphatic heterocycles. The fraction of sp³-hybridized carbons (Fsp3) is 0.348. The number of rotatable bonds is 4. The van der Waals surface area contributed by atoms with Gasteiger partial charge in [0.1, 0.15) is 11.3 Å². The molecular formula is C23H23F3N2O3. The van der Waals surface area contributed by atoms with Crippen LogP contribution < -0.4 is 5.63 Å². The smallest absolute Gasteiger partial charge is 0.416 e. The Morgan fingerprint density at radius 3 is 2.35 bits per heavy atom. The number of alkyl halides is 3. The molecule has 1 saturated heterocycles. The van der Waals surface area contributed by atoms with Crippen LogP contribution in [0.15, 0.2) is 51.7 Å². The number of halogens is 3. The molecule has 1 fully saturated rings. The van der Waals surface area contributed by atoms with Crippen LogP contribution in [0.5, 0.6) is 5.75 Å². The maximum absolute atomic E-state index is 12.9. The van der Waals surface area contributed by atoms with E-state index in [1.165, 1.54) is 18.2 Å². The minimum atomic E-state index is -4.34. The van der Waals surface area contributed by atoms with E-state index in [1.54, 1.807) is 25.1 Å². The van der Waals surface area contributed by atoms with Gasteiger partial charge in [-0.1, -0.05) is 18.2 Å². The van der Waals surface area contributed by atoms with E-state index in [0.717, 1.165) is 43.2 Å². The summed E-state index contributed by atoms with van der Waals surface area (Å²) in [4.78, 5) is 16.3. The highest BCUT2D eigenvalue weighted by Gasteiger charge is 2.30. The molecule has 1 aliphatic rings. The topological polar surface area (TPSA) is 56.9 Å². The average Bonchev–Trinajstić information content (AvgIpc) is 2.72. The van der Waals surface area contributed by atoms with Crippen LogP contribution in [0.2, 0.25) is 0 Å². The third-order valence-electron chi connectivity index (χ3n) is 5.74. The number of hydrogen-bond donors (Lipinski definition) is 1. The minimum absolute atomic E-state index is 0.0796. The molecule has 0 radical (unpaired) electrons. The summed E-state index contributed by atoms with van der Waals surface area (Å²) in [7, 11) is 0. The van der Waals surface area contributed by atoms with Gasteiger partial charge >= 0.3 is 11.8 Å². The third kappa shape index (κ3) is 4.75. The summed E-state index contributed by atoms with van der Waals surface area (Å²) in [6.45, 7) is 5.63. The van der Waals surface area contributed by atoms with Gasteiger partial charge in [-0.15, -0.1) is 0 Å². The van der Waals surface area contributed by atoms with Crippen LogP contribution in [-0.2, 0) is 19.3 Å². The van der Waals surface area contributed by atoms with Crippen molar-refractivity contribution in [3.63, 3.8) is 0 Å². The van der Waals surface area contributed by atoms with Crippen LogP contribution in [0.1, 0.15) is 22.3 Å². The number of phenols is 1. The molecule has 0 bridgehead atoms. The van der Waals surface area contributed by atoms with Gasteiger partial charge in [0.25, 0.3) is 0 Å². The first kappa shape index (κ1) is 21.4. The van der Waals surface area contributed by atoms with Crippen molar-refractivity contribution in [2.75, 3.05) is 26.2 Å². The van der Waals surface area contributed by atoms with Gasteiger partial charge < -0.3 is 9.52 Å². The summed E-state index contributed by atoms with van der Waals surface area (Å²) in [5.41, 5.74) is 1.32. The van der Waals surface area contributed by atoms with E-state index in [0.29, 0.717) is 29.8 Å². The molecule has 5 nitrogen and oxygen atoms in total. The molecule has 0 unspecified atom stereocenters. The number of aryl methyl sites for hydroxylation is 1. The largest absolute Gasteiger partial charge is 0.508 e. The molecule has 4 rings (SSSR count). The second kappa shape index (κ2) is 8.36. The number of fused-ring (bicyclic) bond motifs is 1. The first-order chi connectivity index (χ1) is 14.7. The first-order valence-corrected chi connectivity index (χ1v) is 10.1. The normalized spacial score (nSPS) is 16.1. The Hall–Kier alpha value is -2.84. The number of hydrogen-bond acceptors (Lipinski definition) is 5. The predicted octanol–water partition coefficient (Wildman–Crippen LogP) is 4.14. The number of aromatic hydroxyl groups is 1. The lowest BCUT2D eigenvalue weighted by Crippen LogP contribution is -2.45. The lowest BCUT2D eigenvalue weighted by atomic mass is 10.1. The zero-order valence-corrected chi connectivity index (χ0v) is 17.1. The van der Waals surface area contributed by atoms with E-state index < -0.39 is 17.4 Å².